The first-order chi connectivity index (χ1) is 14.6. The van der Waals surface area contributed by atoms with Crippen LogP contribution >= 0.6 is 11.8 Å². The Morgan fingerprint density at radius 2 is 1.73 bits per heavy atom. The summed E-state index contributed by atoms with van der Waals surface area (Å²) in [6.07, 6.45) is 5.16. The third-order valence-electron chi connectivity index (χ3n) is 5.99. The summed E-state index contributed by atoms with van der Waals surface area (Å²) < 4.78 is 0. The summed E-state index contributed by atoms with van der Waals surface area (Å²) in [5, 5.41) is 5.81. The fraction of sp³-hybridized carbons (Fsp3) is 0.652. The first-order valence-electron chi connectivity index (χ1n) is 11.3. The zero-order valence-corrected chi connectivity index (χ0v) is 19.0. The van der Waals surface area contributed by atoms with Crippen molar-refractivity contribution in [3.8, 4) is 0 Å². The lowest BCUT2D eigenvalue weighted by atomic mass is 9.99. The van der Waals surface area contributed by atoms with E-state index in [9.17, 15) is 9.59 Å². The number of likely N-dealkylation sites (tertiary alicyclic amines) is 1. The molecule has 0 atom stereocenters. The molecule has 0 radical (unpaired) electrons. The molecule has 2 heterocycles. The van der Waals surface area contributed by atoms with Crippen molar-refractivity contribution in [2.45, 2.75) is 39.0 Å². The Bertz CT molecular complexity index is 668. The van der Waals surface area contributed by atoms with Crippen molar-refractivity contribution in [1.29, 1.82) is 0 Å². The van der Waals surface area contributed by atoms with Crippen LogP contribution in [0.5, 0.6) is 0 Å². The lowest BCUT2D eigenvalue weighted by molar-refractivity contribution is -0.130. The van der Waals surface area contributed by atoms with Gasteiger partial charge in [0.2, 0.25) is 5.91 Å². The van der Waals surface area contributed by atoms with Gasteiger partial charge in [0, 0.05) is 36.8 Å². The number of hydrogen-bond donors (Lipinski definition) is 2. The van der Waals surface area contributed by atoms with Gasteiger partial charge >= 0.3 is 6.03 Å². The fourth-order valence-corrected chi connectivity index (χ4v) is 4.83. The quantitative estimate of drug-likeness (QED) is 0.618. The van der Waals surface area contributed by atoms with Gasteiger partial charge in [-0.1, -0.05) is 19.1 Å². The maximum atomic E-state index is 12.4. The second kappa shape index (κ2) is 12.2. The Morgan fingerprint density at radius 1 is 1.03 bits per heavy atom. The molecule has 2 aliphatic rings. The van der Waals surface area contributed by atoms with Gasteiger partial charge in [0.1, 0.15) is 0 Å². The molecule has 2 N–H and O–H groups in total. The van der Waals surface area contributed by atoms with Crippen LogP contribution in [-0.4, -0.2) is 72.5 Å². The highest BCUT2D eigenvalue weighted by Gasteiger charge is 2.17. The predicted molar refractivity (Wildman–Crippen MR) is 125 cm³/mol. The Kier molecular flexibility index (Phi) is 9.33. The van der Waals surface area contributed by atoms with Crippen molar-refractivity contribution < 1.29 is 9.59 Å². The minimum Gasteiger partial charge on any atom is -0.341 e. The van der Waals surface area contributed by atoms with Crippen molar-refractivity contribution in [2.24, 2.45) is 5.92 Å². The molecule has 0 aliphatic carbocycles. The number of carbonyl (C=O) groups excluding carboxylic acids is 2. The largest absolute Gasteiger partial charge is 0.341 e. The number of benzene rings is 1. The van der Waals surface area contributed by atoms with Gasteiger partial charge in [0.15, 0.2) is 0 Å². The standard InChI is InChI=1S/C23H36N4O2S/c1-19-8-12-26(13-9-19)11-3-2-10-24-23(29)25-21-6-4-20(5-7-21)18-22(28)27-14-16-30-17-15-27/h4-7,19H,2-3,8-18H2,1H3,(H2,24,25,29). The SMILES string of the molecule is CC1CCN(CCCCNC(=O)Nc2ccc(CC(=O)N3CCSCC3)cc2)CC1. The zero-order valence-electron chi connectivity index (χ0n) is 18.2. The van der Waals surface area contributed by atoms with Crippen LogP contribution in [0.3, 0.4) is 0 Å². The Labute approximate surface area is 185 Å². The zero-order chi connectivity index (χ0) is 21.2. The maximum Gasteiger partial charge on any atom is 0.319 e. The number of anilines is 1. The summed E-state index contributed by atoms with van der Waals surface area (Å²) in [6.45, 7) is 8.29. The number of urea groups is 1. The smallest absolute Gasteiger partial charge is 0.319 e. The highest BCUT2D eigenvalue weighted by Crippen LogP contribution is 2.16. The average Bonchev–Trinajstić information content (AvgIpc) is 2.77. The normalized spacial score (nSPS) is 18.2. The third-order valence-corrected chi connectivity index (χ3v) is 6.94. The lowest BCUT2D eigenvalue weighted by Crippen LogP contribution is -2.38. The molecule has 3 rings (SSSR count). The van der Waals surface area contributed by atoms with Crippen LogP contribution in [0.1, 0.15) is 38.2 Å². The van der Waals surface area contributed by atoms with E-state index in [0.29, 0.717) is 13.0 Å². The monoisotopic (exact) mass is 432 g/mol. The molecule has 3 amide bonds. The van der Waals surface area contributed by atoms with Crippen molar-refractivity contribution in [3.05, 3.63) is 29.8 Å². The second-order valence-electron chi connectivity index (χ2n) is 8.48. The molecule has 0 bridgehead atoms. The molecule has 0 spiro atoms. The Hall–Kier alpha value is -1.73. The summed E-state index contributed by atoms with van der Waals surface area (Å²) in [6, 6.07) is 7.41. The molecule has 1 aromatic rings. The topological polar surface area (TPSA) is 64.7 Å². The molecule has 1 aromatic carbocycles. The number of nitrogens with zero attached hydrogens (tertiary/aromatic N) is 2. The molecule has 166 valence electrons. The van der Waals surface area contributed by atoms with E-state index in [4.69, 9.17) is 0 Å². The summed E-state index contributed by atoms with van der Waals surface area (Å²) >= 11 is 1.90. The number of rotatable bonds is 8. The van der Waals surface area contributed by atoms with Gasteiger partial charge in [0.25, 0.3) is 0 Å². The summed E-state index contributed by atoms with van der Waals surface area (Å²) in [4.78, 5) is 28.9. The van der Waals surface area contributed by atoms with Crippen LogP contribution in [0.4, 0.5) is 10.5 Å². The molecule has 0 aromatic heterocycles. The van der Waals surface area contributed by atoms with Crippen LogP contribution in [-0.2, 0) is 11.2 Å². The summed E-state index contributed by atoms with van der Waals surface area (Å²) in [5.74, 6) is 3.12. The molecule has 2 fully saturated rings. The van der Waals surface area contributed by atoms with Gasteiger partial charge in [-0.2, -0.15) is 11.8 Å². The van der Waals surface area contributed by atoms with Gasteiger partial charge in [-0.05, 0) is 68.9 Å². The number of nitrogens with one attached hydrogen (secondary N) is 2. The molecule has 0 saturated carbocycles. The molecule has 0 unspecified atom stereocenters. The van der Waals surface area contributed by atoms with E-state index in [2.05, 4.69) is 22.5 Å². The third kappa shape index (κ3) is 7.84. The molecule has 6 nitrogen and oxygen atoms in total. The van der Waals surface area contributed by atoms with Crippen LogP contribution in [0.2, 0.25) is 0 Å². The number of piperidine rings is 1. The Morgan fingerprint density at radius 3 is 2.43 bits per heavy atom. The average molecular weight is 433 g/mol. The van der Waals surface area contributed by atoms with E-state index in [1.165, 1.54) is 25.9 Å². The van der Waals surface area contributed by atoms with E-state index >= 15 is 0 Å². The number of amides is 3. The van der Waals surface area contributed by atoms with E-state index in [1.807, 2.05) is 40.9 Å². The molecular formula is C23H36N4O2S. The maximum absolute atomic E-state index is 12.4. The lowest BCUT2D eigenvalue weighted by Gasteiger charge is -2.30. The van der Waals surface area contributed by atoms with Crippen molar-refractivity contribution in [3.63, 3.8) is 0 Å². The minimum atomic E-state index is -0.170. The summed E-state index contributed by atoms with van der Waals surface area (Å²) in [7, 11) is 0. The van der Waals surface area contributed by atoms with Crippen LogP contribution in [0.15, 0.2) is 24.3 Å². The van der Waals surface area contributed by atoms with Gasteiger partial charge < -0.3 is 20.4 Å². The van der Waals surface area contributed by atoms with Gasteiger partial charge in [0.05, 0.1) is 6.42 Å². The van der Waals surface area contributed by atoms with Gasteiger partial charge in [-0.3, -0.25) is 4.79 Å². The number of thioether (sulfide) groups is 1. The summed E-state index contributed by atoms with van der Waals surface area (Å²) in [5.41, 5.74) is 1.73. The second-order valence-corrected chi connectivity index (χ2v) is 9.70. The van der Waals surface area contributed by atoms with Crippen molar-refractivity contribution >= 4 is 29.4 Å². The number of unbranched alkanes of at least 4 members (excludes halogenated alkanes) is 1. The Balaban J connectivity index is 1.29. The fourth-order valence-electron chi connectivity index (χ4n) is 3.93. The number of hydrogen-bond acceptors (Lipinski definition) is 4. The van der Waals surface area contributed by atoms with E-state index < -0.39 is 0 Å². The molecule has 2 aliphatic heterocycles. The first-order valence-corrected chi connectivity index (χ1v) is 12.5. The minimum absolute atomic E-state index is 0.170. The van der Waals surface area contributed by atoms with E-state index in [0.717, 1.165) is 61.2 Å². The van der Waals surface area contributed by atoms with Crippen molar-refractivity contribution in [1.82, 2.24) is 15.1 Å². The highest BCUT2D eigenvalue weighted by atomic mass is 32.2. The van der Waals surface area contributed by atoms with E-state index in [1.54, 1.807) is 0 Å². The predicted octanol–water partition coefficient (Wildman–Crippen LogP) is 3.44. The van der Waals surface area contributed by atoms with Crippen LogP contribution in [0, 0.1) is 5.92 Å². The van der Waals surface area contributed by atoms with Crippen LogP contribution in [0.25, 0.3) is 0 Å². The van der Waals surface area contributed by atoms with E-state index in [-0.39, 0.29) is 11.9 Å². The molecule has 2 saturated heterocycles. The van der Waals surface area contributed by atoms with Gasteiger partial charge in [-0.25, -0.2) is 4.79 Å². The van der Waals surface area contributed by atoms with Gasteiger partial charge in [-0.15, -0.1) is 0 Å². The molecule has 30 heavy (non-hydrogen) atoms. The van der Waals surface area contributed by atoms with Crippen molar-refractivity contribution in [2.75, 3.05) is 56.1 Å². The van der Waals surface area contributed by atoms with Crippen LogP contribution < -0.4 is 10.6 Å². The molecular weight excluding hydrogens is 396 g/mol. The molecule has 7 heteroatoms. The first kappa shape index (κ1) is 22.9. The number of carbonyl (C=O) groups is 2. The highest BCUT2D eigenvalue weighted by molar-refractivity contribution is 7.99.